The van der Waals surface area contributed by atoms with E-state index in [1.165, 1.54) is 25.7 Å². The van der Waals surface area contributed by atoms with E-state index in [1.54, 1.807) is 0 Å². The van der Waals surface area contributed by atoms with Gasteiger partial charge in [-0.05, 0) is 11.8 Å². The smallest absolute Gasteiger partial charge is 0.120 e. The molecule has 0 aliphatic heterocycles. The van der Waals surface area contributed by atoms with Crippen LogP contribution in [0.5, 0.6) is 0 Å². The highest BCUT2D eigenvalue weighted by Crippen LogP contribution is 2.07. The van der Waals surface area contributed by atoms with E-state index in [9.17, 15) is 9.59 Å². The number of hydrogen-bond acceptors (Lipinski definition) is 2. The first kappa shape index (κ1) is 17.7. The molecule has 0 saturated heterocycles. The number of carbonyl (C=O) groups excluding carboxylic acids is 2. The zero-order valence-corrected chi connectivity index (χ0v) is 11.4. The summed E-state index contributed by atoms with van der Waals surface area (Å²) in [6.45, 7) is 8.50. The van der Waals surface area contributed by atoms with Crippen LogP contribution in [0, 0.1) is 11.8 Å². The summed E-state index contributed by atoms with van der Waals surface area (Å²) < 4.78 is 0. The summed E-state index contributed by atoms with van der Waals surface area (Å²) in [5.41, 5.74) is 0. The molecule has 96 valence electrons. The molecule has 2 heteroatoms. The van der Waals surface area contributed by atoms with Crippen molar-refractivity contribution in [3.8, 4) is 0 Å². The summed E-state index contributed by atoms with van der Waals surface area (Å²) in [6, 6.07) is 0. The molecule has 0 aromatic heterocycles. The molecule has 0 N–H and O–H groups in total. The molecule has 0 spiro atoms. The Morgan fingerprint density at radius 3 is 1.31 bits per heavy atom. The maximum atomic E-state index is 9.89. The quantitative estimate of drug-likeness (QED) is 0.588. The lowest BCUT2D eigenvalue weighted by atomic mass is 10.0. The van der Waals surface area contributed by atoms with Gasteiger partial charge in [0.25, 0.3) is 0 Å². The van der Waals surface area contributed by atoms with E-state index >= 15 is 0 Å². The van der Waals surface area contributed by atoms with Gasteiger partial charge in [-0.15, -0.1) is 0 Å². The Balaban J connectivity index is 0. The van der Waals surface area contributed by atoms with Crippen LogP contribution >= 0.6 is 0 Å². The molecule has 16 heavy (non-hydrogen) atoms. The number of aldehydes is 2. The Hall–Kier alpha value is -0.660. The van der Waals surface area contributed by atoms with Crippen molar-refractivity contribution in [2.24, 2.45) is 11.8 Å². The van der Waals surface area contributed by atoms with Crippen LogP contribution in [0.25, 0.3) is 0 Å². The second kappa shape index (κ2) is 14.3. The first-order valence-electron chi connectivity index (χ1n) is 6.49. The molecule has 2 atom stereocenters. The predicted molar refractivity (Wildman–Crippen MR) is 69.5 cm³/mol. The second-order valence-electron chi connectivity index (χ2n) is 4.59. The van der Waals surface area contributed by atoms with E-state index < -0.39 is 0 Å². The minimum Gasteiger partial charge on any atom is -0.303 e. The van der Waals surface area contributed by atoms with Crippen molar-refractivity contribution in [1.82, 2.24) is 0 Å². The second-order valence-corrected chi connectivity index (χ2v) is 4.59. The third-order valence-corrected chi connectivity index (χ3v) is 2.56. The maximum absolute atomic E-state index is 9.89. The summed E-state index contributed by atoms with van der Waals surface area (Å²) in [5.74, 6) is 1.19. The van der Waals surface area contributed by atoms with E-state index in [4.69, 9.17) is 0 Å². The normalized spacial score (nSPS) is 13.2. The van der Waals surface area contributed by atoms with Crippen LogP contribution in [0.1, 0.15) is 66.2 Å². The molecule has 0 aliphatic carbocycles. The lowest BCUT2D eigenvalue weighted by molar-refractivity contribution is -0.109. The summed E-state index contributed by atoms with van der Waals surface area (Å²) in [4.78, 5) is 19.8. The molecule has 0 aromatic rings. The standard InChI is InChI=1S/2C7H14O/c2*1-3-4-7(2)5-6-8/h2*6-7H,3-5H2,1-2H3. The molecule has 0 bridgehead atoms. The third-order valence-electron chi connectivity index (χ3n) is 2.56. The fourth-order valence-electron chi connectivity index (χ4n) is 1.55. The molecule has 0 fully saturated rings. The fraction of sp³-hybridized carbons (Fsp3) is 0.857. The predicted octanol–water partition coefficient (Wildman–Crippen LogP) is 4.02. The summed E-state index contributed by atoms with van der Waals surface area (Å²) in [6.07, 6.45) is 8.20. The molecule has 2 unspecified atom stereocenters. The summed E-state index contributed by atoms with van der Waals surface area (Å²) in [5, 5.41) is 0. The van der Waals surface area contributed by atoms with Gasteiger partial charge >= 0.3 is 0 Å². The van der Waals surface area contributed by atoms with Crippen molar-refractivity contribution in [2.75, 3.05) is 0 Å². The van der Waals surface area contributed by atoms with Gasteiger partial charge in [-0.25, -0.2) is 0 Å². The lowest BCUT2D eigenvalue weighted by Crippen LogP contribution is -1.92. The summed E-state index contributed by atoms with van der Waals surface area (Å²) >= 11 is 0. The van der Waals surface area contributed by atoms with Crippen LogP contribution in [0.3, 0.4) is 0 Å². The van der Waals surface area contributed by atoms with E-state index in [1.807, 2.05) is 0 Å². The first-order chi connectivity index (χ1) is 7.62. The molecule has 2 nitrogen and oxygen atoms in total. The lowest BCUT2D eigenvalue weighted by Gasteiger charge is -2.01. The SMILES string of the molecule is CCCC(C)CC=O.CCCC(C)CC=O. The van der Waals surface area contributed by atoms with Gasteiger partial charge < -0.3 is 9.59 Å². The van der Waals surface area contributed by atoms with Gasteiger partial charge in [0.15, 0.2) is 0 Å². The number of carbonyl (C=O) groups is 2. The molecular weight excluding hydrogens is 200 g/mol. The van der Waals surface area contributed by atoms with Crippen molar-refractivity contribution in [2.45, 2.75) is 66.2 Å². The van der Waals surface area contributed by atoms with Gasteiger partial charge in [0.05, 0.1) is 0 Å². The van der Waals surface area contributed by atoms with Gasteiger partial charge in [-0.3, -0.25) is 0 Å². The molecule has 0 aliphatic rings. The molecule has 0 saturated carbocycles. The molecule has 0 amide bonds. The summed E-state index contributed by atoms with van der Waals surface area (Å²) in [7, 11) is 0. The minimum atomic E-state index is 0.595. The van der Waals surface area contributed by atoms with Crippen LogP contribution in [0.2, 0.25) is 0 Å². The van der Waals surface area contributed by atoms with Crippen LogP contribution in [-0.2, 0) is 9.59 Å². The molecule has 0 aromatic carbocycles. The van der Waals surface area contributed by atoms with Crippen molar-refractivity contribution < 1.29 is 9.59 Å². The van der Waals surface area contributed by atoms with Gasteiger partial charge in [0.2, 0.25) is 0 Å². The zero-order chi connectivity index (χ0) is 12.8. The van der Waals surface area contributed by atoms with Gasteiger partial charge in [-0.2, -0.15) is 0 Å². The van der Waals surface area contributed by atoms with E-state index in [-0.39, 0.29) is 0 Å². The Bertz CT molecular complexity index is 137. The molecule has 0 rings (SSSR count). The number of rotatable bonds is 8. The third kappa shape index (κ3) is 15.8. The molecule has 0 radical (unpaired) electrons. The van der Waals surface area contributed by atoms with Crippen LogP contribution < -0.4 is 0 Å². The minimum absolute atomic E-state index is 0.595. The van der Waals surface area contributed by atoms with Gasteiger partial charge in [-0.1, -0.05) is 53.4 Å². The maximum Gasteiger partial charge on any atom is 0.120 e. The largest absolute Gasteiger partial charge is 0.303 e. The highest BCUT2D eigenvalue weighted by molar-refractivity contribution is 5.49. The Morgan fingerprint density at radius 2 is 1.12 bits per heavy atom. The van der Waals surface area contributed by atoms with E-state index in [0.29, 0.717) is 11.8 Å². The highest BCUT2D eigenvalue weighted by atomic mass is 16.1. The van der Waals surface area contributed by atoms with Crippen molar-refractivity contribution in [1.29, 1.82) is 0 Å². The average molecular weight is 228 g/mol. The van der Waals surface area contributed by atoms with Crippen LogP contribution in [-0.4, -0.2) is 12.6 Å². The van der Waals surface area contributed by atoms with Gasteiger partial charge in [0.1, 0.15) is 12.6 Å². The highest BCUT2D eigenvalue weighted by Gasteiger charge is 1.96. The van der Waals surface area contributed by atoms with Gasteiger partial charge in [0, 0.05) is 12.8 Å². The topological polar surface area (TPSA) is 34.1 Å². The molecule has 0 heterocycles. The number of hydrogen-bond donors (Lipinski definition) is 0. The monoisotopic (exact) mass is 228 g/mol. The van der Waals surface area contributed by atoms with Crippen LogP contribution in [0.15, 0.2) is 0 Å². The van der Waals surface area contributed by atoms with Crippen molar-refractivity contribution >= 4 is 12.6 Å². The Labute approximate surface area is 101 Å². The molecular formula is C14H28O2. The van der Waals surface area contributed by atoms with E-state index in [0.717, 1.165) is 25.4 Å². The average Bonchev–Trinajstić information content (AvgIpc) is 2.20. The first-order valence-corrected chi connectivity index (χ1v) is 6.49. The van der Waals surface area contributed by atoms with Crippen molar-refractivity contribution in [3.05, 3.63) is 0 Å². The Morgan fingerprint density at radius 1 is 0.812 bits per heavy atom. The zero-order valence-electron chi connectivity index (χ0n) is 11.4. The Kier molecular flexibility index (Phi) is 15.9. The fourth-order valence-corrected chi connectivity index (χ4v) is 1.55. The van der Waals surface area contributed by atoms with E-state index in [2.05, 4.69) is 27.7 Å². The van der Waals surface area contributed by atoms with Crippen molar-refractivity contribution in [3.63, 3.8) is 0 Å². The van der Waals surface area contributed by atoms with Crippen LogP contribution in [0.4, 0.5) is 0 Å².